The Balaban J connectivity index is 0.000000162. The quantitative estimate of drug-likeness (QED) is 0.145. The number of benzene rings is 1. The lowest BCUT2D eigenvalue weighted by molar-refractivity contribution is -0.0459. The second-order valence-corrected chi connectivity index (χ2v) is 11.0. The van der Waals surface area contributed by atoms with Crippen molar-refractivity contribution in [2.24, 2.45) is 0 Å². The Bertz CT molecular complexity index is 2110. The minimum atomic E-state index is -1.76. The van der Waals surface area contributed by atoms with Gasteiger partial charge in [0.25, 0.3) is 5.88 Å². The molecular weight excluding hydrogens is 668 g/mol. The molecular formula is C29H29F2N11O8. The van der Waals surface area contributed by atoms with Crippen molar-refractivity contribution in [3.8, 4) is 11.8 Å². The first kappa shape index (κ1) is 33.2. The summed E-state index contributed by atoms with van der Waals surface area (Å²) in [6.07, 6.45) is -3.95. The number of aliphatic hydroxyl groups excluding tert-OH is 4. The number of halogens is 2. The van der Waals surface area contributed by atoms with E-state index in [1.165, 1.54) is 39.3 Å². The van der Waals surface area contributed by atoms with Crippen LogP contribution >= 0.6 is 0 Å². The number of fused-ring (bicyclic) bond motifs is 3. The average Bonchev–Trinajstić information content (AvgIpc) is 3.97. The summed E-state index contributed by atoms with van der Waals surface area (Å²) in [5.74, 6) is 0.336. The summed E-state index contributed by atoms with van der Waals surface area (Å²) in [6, 6.07) is 7.21. The molecule has 21 heteroatoms. The molecule has 2 unspecified atom stereocenters. The maximum Gasteiger partial charge on any atom is 0.280 e. The fourth-order valence-corrected chi connectivity index (χ4v) is 5.50. The van der Waals surface area contributed by atoms with E-state index in [0.717, 1.165) is 0 Å². The van der Waals surface area contributed by atoms with Gasteiger partial charge in [-0.2, -0.15) is 9.97 Å². The average molecular weight is 698 g/mol. The first-order valence-electron chi connectivity index (χ1n) is 15.1. The van der Waals surface area contributed by atoms with Crippen molar-refractivity contribution in [3.05, 3.63) is 62.2 Å². The molecule has 7 heterocycles. The topological polar surface area (TPSA) is 236 Å². The number of aromatic nitrogens is 11. The van der Waals surface area contributed by atoms with Crippen molar-refractivity contribution in [3.63, 3.8) is 0 Å². The van der Waals surface area contributed by atoms with Crippen LogP contribution in [0.4, 0.5) is 8.78 Å². The molecule has 0 bridgehead atoms. The highest BCUT2D eigenvalue weighted by Crippen LogP contribution is 2.35. The summed E-state index contributed by atoms with van der Waals surface area (Å²) in [7, 11) is 0. The first-order valence-corrected chi connectivity index (χ1v) is 15.1. The Morgan fingerprint density at radius 2 is 1.36 bits per heavy atom. The van der Waals surface area contributed by atoms with Crippen LogP contribution in [0.15, 0.2) is 62.2 Å². The Labute approximate surface area is 279 Å². The molecule has 0 spiro atoms. The zero-order chi connectivity index (χ0) is 34.9. The Kier molecular flexibility index (Phi) is 9.22. The van der Waals surface area contributed by atoms with Gasteiger partial charge in [0, 0.05) is 0 Å². The van der Waals surface area contributed by atoms with Crippen LogP contribution in [-0.4, -0.2) is 131 Å². The van der Waals surface area contributed by atoms with E-state index in [4.69, 9.17) is 24.2 Å². The third-order valence-corrected chi connectivity index (χ3v) is 7.98. The van der Waals surface area contributed by atoms with E-state index in [1.807, 2.05) is 12.1 Å². The predicted octanol–water partition coefficient (Wildman–Crippen LogP) is -0.0184. The largest absolute Gasteiger partial charge is 0.472 e. The number of hydrogen-bond acceptors (Lipinski definition) is 16. The predicted molar refractivity (Wildman–Crippen MR) is 164 cm³/mol. The van der Waals surface area contributed by atoms with Crippen molar-refractivity contribution in [1.29, 1.82) is 0 Å². The van der Waals surface area contributed by atoms with E-state index in [1.54, 1.807) is 18.2 Å². The van der Waals surface area contributed by atoms with E-state index >= 15 is 0 Å². The molecule has 0 saturated carbocycles. The van der Waals surface area contributed by atoms with Crippen LogP contribution in [0.25, 0.3) is 33.4 Å². The van der Waals surface area contributed by atoms with E-state index < -0.39 is 62.4 Å². The zero-order valence-corrected chi connectivity index (χ0v) is 25.7. The third kappa shape index (κ3) is 5.84. The molecule has 19 nitrogen and oxygen atoms in total. The molecule has 0 amide bonds. The number of hydrogen-bond donors (Lipinski definition) is 4. The molecule has 8 atom stereocenters. The van der Waals surface area contributed by atoms with Crippen LogP contribution in [0.5, 0.6) is 11.8 Å². The van der Waals surface area contributed by atoms with Crippen LogP contribution in [0, 0.1) is 0 Å². The van der Waals surface area contributed by atoms with Crippen molar-refractivity contribution in [2.75, 3.05) is 19.8 Å². The molecule has 2 aliphatic rings. The van der Waals surface area contributed by atoms with Gasteiger partial charge in [0.15, 0.2) is 47.1 Å². The van der Waals surface area contributed by atoms with Crippen molar-refractivity contribution < 1.29 is 48.3 Å². The summed E-state index contributed by atoms with van der Waals surface area (Å²) in [6.45, 7) is 2.81. The summed E-state index contributed by atoms with van der Waals surface area (Å²) < 4.78 is 47.4. The minimum absolute atomic E-state index is 0.0899. The smallest absolute Gasteiger partial charge is 0.280 e. The lowest BCUT2D eigenvalue weighted by Gasteiger charge is -2.14. The van der Waals surface area contributed by atoms with Gasteiger partial charge in [-0.05, 0) is 17.3 Å². The SMILES string of the molecule is C=CCOc1ncnc2c1ncn2C1O[C@H](CO)[C@@H](O)[C@H]1F.OC[C@H]1OC(n2cnc3c(On4nnc5ccccc54)ncnc32)[C@H](F)[C@@H]1O. The third-order valence-electron chi connectivity index (χ3n) is 7.98. The van der Waals surface area contributed by atoms with Gasteiger partial charge in [-0.3, -0.25) is 9.13 Å². The van der Waals surface area contributed by atoms with Crippen LogP contribution < -0.4 is 9.57 Å². The van der Waals surface area contributed by atoms with E-state index in [-0.39, 0.29) is 29.5 Å². The summed E-state index contributed by atoms with van der Waals surface area (Å²) >= 11 is 0. The van der Waals surface area contributed by atoms with Crippen molar-refractivity contribution in [2.45, 2.75) is 49.2 Å². The number of para-hydroxylation sites is 1. The second kappa shape index (κ2) is 13.9. The maximum atomic E-state index is 14.5. The molecule has 262 valence electrons. The lowest BCUT2D eigenvalue weighted by atomic mass is 10.1. The maximum absolute atomic E-state index is 14.5. The van der Waals surface area contributed by atoms with Crippen LogP contribution in [-0.2, 0) is 9.47 Å². The number of ether oxygens (including phenoxy) is 3. The van der Waals surface area contributed by atoms with E-state index in [9.17, 15) is 24.1 Å². The van der Waals surface area contributed by atoms with Crippen LogP contribution in [0.2, 0.25) is 0 Å². The highest BCUT2D eigenvalue weighted by Gasteiger charge is 2.46. The molecule has 2 aliphatic heterocycles. The summed E-state index contributed by atoms with van der Waals surface area (Å²) in [5, 5.41) is 45.8. The van der Waals surface area contributed by atoms with Gasteiger partial charge in [0.2, 0.25) is 5.88 Å². The molecule has 0 radical (unpaired) electrons. The first-order chi connectivity index (χ1) is 24.3. The normalized spacial score (nSPS) is 26.4. The fourth-order valence-electron chi connectivity index (χ4n) is 5.50. The van der Waals surface area contributed by atoms with Gasteiger partial charge in [-0.15, -0.1) is 5.10 Å². The standard InChI is InChI=1S/C16H14FN7O4.C13H15FN4O4/c17-11-13(26)10(5-25)27-16(11)23-7-20-12-14(23)18-6-19-15(12)28-24-9-4-2-1-3-8(9)21-22-24;1-2-3-21-12-9-11(15-5-16-12)18(6-17-9)13-8(14)10(20)7(4-19)22-13/h1-4,6-7,10-11,13,16,25-26H,5H2;2,5-8,10,13,19-20H,1,3-4H2/t10-,11-,13-,16?;7-,8-,10-,13?/m11/s1. The highest BCUT2D eigenvalue weighted by molar-refractivity contribution is 5.77. The fraction of sp³-hybridized carbons (Fsp3) is 0.379. The van der Waals surface area contributed by atoms with Gasteiger partial charge in [-0.1, -0.05) is 29.6 Å². The molecule has 2 fully saturated rings. The second-order valence-electron chi connectivity index (χ2n) is 11.0. The molecule has 2 saturated heterocycles. The van der Waals surface area contributed by atoms with Gasteiger partial charge in [0.05, 0.1) is 25.9 Å². The minimum Gasteiger partial charge on any atom is -0.472 e. The highest BCUT2D eigenvalue weighted by atomic mass is 19.1. The van der Waals surface area contributed by atoms with E-state index in [0.29, 0.717) is 22.2 Å². The zero-order valence-electron chi connectivity index (χ0n) is 25.7. The molecule has 50 heavy (non-hydrogen) atoms. The van der Waals surface area contributed by atoms with Crippen molar-refractivity contribution in [1.82, 2.24) is 54.2 Å². The molecule has 5 aromatic heterocycles. The lowest BCUT2D eigenvalue weighted by Crippen LogP contribution is -2.30. The Morgan fingerprint density at radius 3 is 1.92 bits per heavy atom. The van der Waals surface area contributed by atoms with Gasteiger partial charge >= 0.3 is 0 Å². The Morgan fingerprint density at radius 1 is 0.800 bits per heavy atom. The number of nitrogens with zero attached hydrogens (tertiary/aromatic N) is 11. The van der Waals surface area contributed by atoms with E-state index in [2.05, 4.69) is 46.8 Å². The number of alkyl halides is 2. The molecule has 4 N–H and O–H groups in total. The van der Waals surface area contributed by atoms with Gasteiger partial charge in [0.1, 0.15) is 54.7 Å². The number of aliphatic hydroxyl groups is 4. The van der Waals surface area contributed by atoms with Gasteiger partial charge in [-0.25, -0.2) is 28.7 Å². The van der Waals surface area contributed by atoms with Crippen LogP contribution in [0.3, 0.4) is 0 Å². The molecule has 8 rings (SSSR count). The van der Waals surface area contributed by atoms with Crippen LogP contribution in [0.1, 0.15) is 12.5 Å². The monoisotopic (exact) mass is 697 g/mol. The molecule has 0 aliphatic carbocycles. The number of imidazole rings is 2. The van der Waals surface area contributed by atoms with Crippen molar-refractivity contribution >= 4 is 33.4 Å². The summed E-state index contributed by atoms with van der Waals surface area (Å²) in [4.78, 5) is 31.4. The summed E-state index contributed by atoms with van der Waals surface area (Å²) in [5.41, 5.74) is 2.43. The number of rotatable bonds is 9. The van der Waals surface area contributed by atoms with Gasteiger partial charge < -0.3 is 39.5 Å². The molecule has 1 aromatic carbocycles. The molecule has 6 aromatic rings. The Hall–Kier alpha value is -5.32.